The van der Waals surface area contributed by atoms with Gasteiger partial charge in [-0.1, -0.05) is 25.7 Å². The first-order valence-electron chi connectivity index (χ1n) is 6.11. The molecule has 1 rings (SSSR count). The third-order valence-corrected chi connectivity index (χ3v) is 3.18. The Hall–Kier alpha value is -0.570. The molecule has 0 aromatic rings. The summed E-state index contributed by atoms with van der Waals surface area (Å²) in [6.07, 6.45) is 8.20. The lowest BCUT2D eigenvalue weighted by atomic mass is 10.0. The Bertz CT molecular complexity index is 184. The van der Waals surface area contributed by atoms with E-state index in [0.717, 1.165) is 12.5 Å². The predicted octanol–water partition coefficient (Wildman–Crippen LogP) is 1.63. The molecule has 1 aliphatic rings. The van der Waals surface area contributed by atoms with Gasteiger partial charge in [0.05, 0.1) is 6.54 Å². The monoisotopic (exact) mass is 212 g/mol. The van der Waals surface area contributed by atoms with Crippen LogP contribution in [0.5, 0.6) is 0 Å². The lowest BCUT2D eigenvalue weighted by molar-refractivity contribution is -0.127. The third kappa shape index (κ3) is 5.17. The summed E-state index contributed by atoms with van der Waals surface area (Å²) in [5, 5.41) is 3.27. The highest BCUT2D eigenvalue weighted by molar-refractivity contribution is 5.77. The van der Waals surface area contributed by atoms with Crippen LogP contribution in [0.1, 0.15) is 38.5 Å². The molecule has 1 amide bonds. The zero-order valence-corrected chi connectivity index (χ0v) is 10.1. The molecule has 0 unspecified atom stereocenters. The minimum absolute atomic E-state index is 0.170. The molecule has 0 aromatic carbocycles. The van der Waals surface area contributed by atoms with E-state index in [-0.39, 0.29) is 5.91 Å². The van der Waals surface area contributed by atoms with Crippen LogP contribution >= 0.6 is 0 Å². The zero-order valence-electron chi connectivity index (χ0n) is 10.1. The van der Waals surface area contributed by atoms with Gasteiger partial charge in [0.1, 0.15) is 0 Å². The van der Waals surface area contributed by atoms with Crippen LogP contribution in [0.4, 0.5) is 0 Å². The van der Waals surface area contributed by atoms with Crippen LogP contribution in [-0.4, -0.2) is 38.0 Å². The van der Waals surface area contributed by atoms with Crippen molar-refractivity contribution >= 4 is 5.91 Å². The summed E-state index contributed by atoms with van der Waals surface area (Å²) < 4.78 is 0. The number of rotatable bonds is 4. The van der Waals surface area contributed by atoms with Crippen molar-refractivity contribution < 1.29 is 4.79 Å². The molecule has 3 heteroatoms. The van der Waals surface area contributed by atoms with Crippen molar-refractivity contribution in [3.05, 3.63) is 0 Å². The number of carbonyl (C=O) groups is 1. The maximum atomic E-state index is 11.3. The standard InChI is InChI=1S/C12H24N2O/c1-14(2)12(15)10-13-9-11-7-5-3-4-6-8-11/h11,13H,3-10H2,1-2H3. The maximum absolute atomic E-state index is 11.3. The van der Waals surface area contributed by atoms with E-state index in [0.29, 0.717) is 6.54 Å². The van der Waals surface area contributed by atoms with Gasteiger partial charge in [0.25, 0.3) is 0 Å². The van der Waals surface area contributed by atoms with E-state index in [9.17, 15) is 4.79 Å². The van der Waals surface area contributed by atoms with Crippen molar-refractivity contribution in [1.82, 2.24) is 10.2 Å². The Morgan fingerprint density at radius 2 is 1.80 bits per heavy atom. The van der Waals surface area contributed by atoms with Gasteiger partial charge in [-0.05, 0) is 25.3 Å². The summed E-state index contributed by atoms with van der Waals surface area (Å²) in [5.41, 5.74) is 0. The van der Waals surface area contributed by atoms with E-state index >= 15 is 0 Å². The van der Waals surface area contributed by atoms with E-state index in [4.69, 9.17) is 0 Å². The quantitative estimate of drug-likeness (QED) is 0.718. The molecule has 0 bridgehead atoms. The van der Waals surface area contributed by atoms with Gasteiger partial charge in [0.15, 0.2) is 0 Å². The van der Waals surface area contributed by atoms with Crippen molar-refractivity contribution in [2.75, 3.05) is 27.2 Å². The summed E-state index contributed by atoms with van der Waals surface area (Å²) in [5.74, 6) is 0.964. The second-order valence-electron chi connectivity index (χ2n) is 4.78. The summed E-state index contributed by atoms with van der Waals surface area (Å²) in [4.78, 5) is 13.0. The van der Waals surface area contributed by atoms with Crippen molar-refractivity contribution in [3.63, 3.8) is 0 Å². The summed E-state index contributed by atoms with van der Waals surface area (Å²) in [6.45, 7) is 1.50. The van der Waals surface area contributed by atoms with Gasteiger partial charge in [0, 0.05) is 14.1 Å². The van der Waals surface area contributed by atoms with Crippen LogP contribution in [0, 0.1) is 5.92 Å². The molecule has 0 aromatic heterocycles. The van der Waals surface area contributed by atoms with Crippen molar-refractivity contribution in [3.8, 4) is 0 Å². The Kier molecular flexibility index (Phi) is 5.69. The smallest absolute Gasteiger partial charge is 0.236 e. The fourth-order valence-corrected chi connectivity index (χ4v) is 2.11. The molecule has 0 aliphatic heterocycles. The number of hydrogen-bond donors (Lipinski definition) is 1. The van der Waals surface area contributed by atoms with E-state index in [2.05, 4.69) is 5.32 Å². The first-order valence-corrected chi connectivity index (χ1v) is 6.11. The molecule has 3 nitrogen and oxygen atoms in total. The Balaban J connectivity index is 2.10. The number of hydrogen-bond acceptors (Lipinski definition) is 2. The molecule has 0 heterocycles. The van der Waals surface area contributed by atoms with Gasteiger partial charge in [-0.2, -0.15) is 0 Å². The minimum Gasteiger partial charge on any atom is -0.348 e. The van der Waals surface area contributed by atoms with Crippen molar-refractivity contribution in [2.24, 2.45) is 5.92 Å². The lowest BCUT2D eigenvalue weighted by Gasteiger charge is -2.16. The second-order valence-corrected chi connectivity index (χ2v) is 4.78. The van der Waals surface area contributed by atoms with Crippen molar-refractivity contribution in [2.45, 2.75) is 38.5 Å². The molecular weight excluding hydrogens is 188 g/mol. The number of carbonyl (C=O) groups excluding carboxylic acids is 1. The molecule has 0 atom stereocenters. The number of nitrogens with one attached hydrogen (secondary N) is 1. The highest BCUT2D eigenvalue weighted by atomic mass is 16.2. The molecule has 1 aliphatic carbocycles. The van der Waals surface area contributed by atoms with Gasteiger partial charge in [-0.25, -0.2) is 0 Å². The third-order valence-electron chi connectivity index (χ3n) is 3.18. The van der Waals surface area contributed by atoms with Crippen LogP contribution in [-0.2, 0) is 4.79 Å². The highest BCUT2D eigenvalue weighted by Gasteiger charge is 2.12. The van der Waals surface area contributed by atoms with E-state index in [1.165, 1.54) is 38.5 Å². The van der Waals surface area contributed by atoms with Crippen molar-refractivity contribution in [1.29, 1.82) is 0 Å². The minimum atomic E-state index is 0.170. The zero-order chi connectivity index (χ0) is 11.1. The van der Waals surface area contributed by atoms with E-state index in [1.54, 1.807) is 19.0 Å². The Morgan fingerprint density at radius 1 is 1.20 bits per heavy atom. The summed E-state index contributed by atoms with van der Waals surface area (Å²) in [7, 11) is 3.60. The Morgan fingerprint density at radius 3 is 2.33 bits per heavy atom. The van der Waals surface area contributed by atoms with Gasteiger partial charge >= 0.3 is 0 Å². The first kappa shape index (κ1) is 12.5. The summed E-state index contributed by atoms with van der Waals surface area (Å²) >= 11 is 0. The van der Waals surface area contributed by atoms with E-state index in [1.807, 2.05) is 0 Å². The number of amides is 1. The molecule has 0 radical (unpaired) electrons. The van der Waals surface area contributed by atoms with Crippen LogP contribution in [0.2, 0.25) is 0 Å². The molecule has 1 saturated carbocycles. The van der Waals surface area contributed by atoms with Crippen LogP contribution < -0.4 is 5.32 Å². The van der Waals surface area contributed by atoms with Gasteiger partial charge < -0.3 is 10.2 Å². The fraction of sp³-hybridized carbons (Fsp3) is 0.917. The molecule has 1 N–H and O–H groups in total. The van der Waals surface area contributed by atoms with Gasteiger partial charge in [0.2, 0.25) is 5.91 Å². The Labute approximate surface area is 93.2 Å². The molecule has 0 spiro atoms. The average Bonchev–Trinajstić information content (AvgIpc) is 2.46. The summed E-state index contributed by atoms with van der Waals surface area (Å²) in [6, 6.07) is 0. The molecule has 1 fully saturated rings. The maximum Gasteiger partial charge on any atom is 0.236 e. The van der Waals surface area contributed by atoms with Crippen LogP contribution in [0.3, 0.4) is 0 Å². The first-order chi connectivity index (χ1) is 7.20. The molecular formula is C12H24N2O. The van der Waals surface area contributed by atoms with E-state index < -0.39 is 0 Å². The number of nitrogens with zero attached hydrogens (tertiary/aromatic N) is 1. The molecule has 88 valence electrons. The average molecular weight is 212 g/mol. The SMILES string of the molecule is CN(C)C(=O)CNCC1CCCCCC1. The molecule has 0 saturated heterocycles. The lowest BCUT2D eigenvalue weighted by Crippen LogP contribution is -2.35. The van der Waals surface area contributed by atoms with Gasteiger partial charge in [-0.3, -0.25) is 4.79 Å². The largest absolute Gasteiger partial charge is 0.348 e. The van der Waals surface area contributed by atoms with Crippen LogP contribution in [0.15, 0.2) is 0 Å². The van der Waals surface area contributed by atoms with Gasteiger partial charge in [-0.15, -0.1) is 0 Å². The topological polar surface area (TPSA) is 32.3 Å². The normalized spacial score (nSPS) is 18.5. The highest BCUT2D eigenvalue weighted by Crippen LogP contribution is 2.21. The molecule has 15 heavy (non-hydrogen) atoms. The second kappa shape index (κ2) is 6.83. The van der Waals surface area contributed by atoms with Crippen LogP contribution in [0.25, 0.3) is 0 Å². The fourth-order valence-electron chi connectivity index (χ4n) is 2.11. The number of likely N-dealkylation sites (N-methyl/N-ethyl adjacent to an activating group) is 1. The predicted molar refractivity (Wildman–Crippen MR) is 62.8 cm³/mol.